The van der Waals surface area contributed by atoms with E-state index in [2.05, 4.69) is 27.4 Å². The molecule has 0 bridgehead atoms. The fraction of sp³-hybridized carbons (Fsp3) is 0.190. The molecular weight excluding hydrogens is 362 g/mol. The van der Waals surface area contributed by atoms with Crippen molar-refractivity contribution >= 4 is 23.3 Å². The summed E-state index contributed by atoms with van der Waals surface area (Å²) in [6, 6.07) is 11.1. The van der Waals surface area contributed by atoms with Gasteiger partial charge in [-0.2, -0.15) is 0 Å². The number of aryl methyl sites for hydroxylation is 2. The number of aromatic nitrogens is 2. The number of hydrogen-bond donors (Lipinski definition) is 1. The van der Waals surface area contributed by atoms with Crippen molar-refractivity contribution in [3.05, 3.63) is 70.5 Å². The van der Waals surface area contributed by atoms with E-state index in [9.17, 15) is 4.79 Å². The van der Waals surface area contributed by atoms with E-state index in [1.807, 2.05) is 0 Å². The Hall–Kier alpha value is -2.92. The van der Waals surface area contributed by atoms with Gasteiger partial charge in [-0.05, 0) is 54.7 Å². The van der Waals surface area contributed by atoms with Crippen molar-refractivity contribution in [2.24, 2.45) is 0 Å². The molecule has 1 aromatic heterocycles. The molecule has 0 saturated carbocycles. The van der Waals surface area contributed by atoms with Crippen LogP contribution in [0.15, 0.2) is 48.8 Å². The van der Waals surface area contributed by atoms with Gasteiger partial charge in [0.15, 0.2) is 5.82 Å². The number of nitrogens with one attached hydrogen (secondary N) is 1. The van der Waals surface area contributed by atoms with Crippen LogP contribution >= 0.6 is 11.6 Å². The molecule has 5 nitrogen and oxygen atoms in total. The van der Waals surface area contributed by atoms with E-state index in [-0.39, 0.29) is 5.91 Å². The molecule has 0 atom stereocenters. The van der Waals surface area contributed by atoms with Crippen molar-refractivity contribution < 1.29 is 9.53 Å². The molecule has 4 rings (SSSR count). The first-order chi connectivity index (χ1) is 13.2. The number of amides is 1. The summed E-state index contributed by atoms with van der Waals surface area (Å²) in [7, 11) is 1.66. The van der Waals surface area contributed by atoms with E-state index >= 15 is 0 Å². The smallest absolute Gasteiger partial charge is 0.258 e. The first-order valence-electron chi connectivity index (χ1n) is 8.74. The Morgan fingerprint density at radius 2 is 1.89 bits per heavy atom. The van der Waals surface area contributed by atoms with Gasteiger partial charge in [0, 0.05) is 5.56 Å². The molecule has 0 radical (unpaired) electrons. The quantitative estimate of drug-likeness (QED) is 0.722. The van der Waals surface area contributed by atoms with Crippen molar-refractivity contribution in [2.45, 2.75) is 19.3 Å². The summed E-state index contributed by atoms with van der Waals surface area (Å²) >= 11 is 6.06. The number of ether oxygens (including phenoxy) is 1. The van der Waals surface area contributed by atoms with Crippen LogP contribution < -0.4 is 10.1 Å². The molecule has 0 saturated heterocycles. The molecule has 1 amide bonds. The maximum absolute atomic E-state index is 12.3. The Labute approximate surface area is 162 Å². The molecule has 0 unspecified atom stereocenters. The summed E-state index contributed by atoms with van der Waals surface area (Å²) in [5.41, 5.74) is 4.69. The highest BCUT2D eigenvalue weighted by molar-refractivity contribution is 6.34. The summed E-state index contributed by atoms with van der Waals surface area (Å²) in [5.74, 6) is 0.833. The fourth-order valence-corrected chi connectivity index (χ4v) is 3.55. The van der Waals surface area contributed by atoms with Gasteiger partial charge in [0.05, 0.1) is 35.8 Å². The number of fused-ring (bicyclic) bond motifs is 1. The van der Waals surface area contributed by atoms with Crippen molar-refractivity contribution in [2.75, 3.05) is 12.4 Å². The molecule has 1 N–H and O–H groups in total. The van der Waals surface area contributed by atoms with E-state index in [0.29, 0.717) is 22.1 Å². The second kappa shape index (κ2) is 7.37. The van der Waals surface area contributed by atoms with E-state index < -0.39 is 0 Å². The van der Waals surface area contributed by atoms with Gasteiger partial charge >= 0.3 is 0 Å². The molecule has 2 aromatic carbocycles. The Morgan fingerprint density at radius 3 is 2.59 bits per heavy atom. The molecular formula is C21H18ClN3O2. The van der Waals surface area contributed by atoms with Crippen LogP contribution in [0.3, 0.4) is 0 Å². The molecule has 136 valence electrons. The lowest BCUT2D eigenvalue weighted by atomic mass is 10.0. The highest BCUT2D eigenvalue weighted by Crippen LogP contribution is 2.35. The monoisotopic (exact) mass is 379 g/mol. The predicted molar refractivity (Wildman–Crippen MR) is 105 cm³/mol. The highest BCUT2D eigenvalue weighted by atomic mass is 35.5. The fourth-order valence-electron chi connectivity index (χ4n) is 3.33. The lowest BCUT2D eigenvalue weighted by molar-refractivity contribution is 0.102. The third-order valence-corrected chi connectivity index (χ3v) is 5.03. The van der Waals surface area contributed by atoms with Crippen LogP contribution in [-0.4, -0.2) is 23.0 Å². The molecule has 27 heavy (non-hydrogen) atoms. The Balaban J connectivity index is 1.58. The Bertz CT molecular complexity index is 1000. The first kappa shape index (κ1) is 17.5. The number of benzene rings is 2. The average molecular weight is 380 g/mol. The average Bonchev–Trinajstić information content (AvgIpc) is 3.15. The molecule has 1 heterocycles. The number of anilines is 1. The number of rotatable bonds is 4. The van der Waals surface area contributed by atoms with Gasteiger partial charge in [0.25, 0.3) is 5.91 Å². The zero-order valence-corrected chi connectivity index (χ0v) is 15.6. The van der Waals surface area contributed by atoms with Gasteiger partial charge in [-0.3, -0.25) is 9.78 Å². The molecule has 0 spiro atoms. The lowest BCUT2D eigenvalue weighted by Gasteiger charge is -2.11. The van der Waals surface area contributed by atoms with Crippen LogP contribution in [0.2, 0.25) is 5.02 Å². The maximum Gasteiger partial charge on any atom is 0.258 e. The van der Waals surface area contributed by atoms with Crippen molar-refractivity contribution in [3.8, 4) is 17.0 Å². The van der Waals surface area contributed by atoms with Gasteiger partial charge in [0.2, 0.25) is 0 Å². The predicted octanol–water partition coefficient (Wildman–Crippen LogP) is 4.55. The SMILES string of the molecule is COc1cc2c(cc1-c1cnc(NC(=O)c3ccccc3Cl)cn1)CCC2. The van der Waals surface area contributed by atoms with Crippen molar-refractivity contribution in [1.29, 1.82) is 0 Å². The van der Waals surface area contributed by atoms with Crippen LogP contribution in [0.1, 0.15) is 27.9 Å². The number of halogens is 1. The summed E-state index contributed by atoms with van der Waals surface area (Å²) in [6.45, 7) is 0. The van der Waals surface area contributed by atoms with Crippen LogP contribution in [0.25, 0.3) is 11.3 Å². The normalized spacial score (nSPS) is 12.5. The van der Waals surface area contributed by atoms with Crippen LogP contribution in [0, 0.1) is 0 Å². The van der Waals surface area contributed by atoms with E-state index in [1.165, 1.54) is 23.7 Å². The Kier molecular flexibility index (Phi) is 4.77. The van der Waals surface area contributed by atoms with Gasteiger partial charge < -0.3 is 10.1 Å². The minimum absolute atomic E-state index is 0.322. The molecule has 0 fully saturated rings. The van der Waals surface area contributed by atoms with Gasteiger partial charge in [-0.1, -0.05) is 23.7 Å². The second-order valence-corrected chi connectivity index (χ2v) is 6.80. The summed E-state index contributed by atoms with van der Waals surface area (Å²) in [4.78, 5) is 21.1. The first-order valence-corrected chi connectivity index (χ1v) is 9.11. The minimum Gasteiger partial charge on any atom is -0.496 e. The minimum atomic E-state index is -0.322. The second-order valence-electron chi connectivity index (χ2n) is 6.40. The van der Waals surface area contributed by atoms with Crippen LogP contribution in [0.5, 0.6) is 5.75 Å². The zero-order valence-electron chi connectivity index (χ0n) is 14.8. The van der Waals surface area contributed by atoms with Crippen LogP contribution in [-0.2, 0) is 12.8 Å². The van der Waals surface area contributed by atoms with E-state index in [4.69, 9.17) is 16.3 Å². The third-order valence-electron chi connectivity index (χ3n) is 4.70. The summed E-state index contributed by atoms with van der Waals surface area (Å²) < 4.78 is 5.54. The van der Waals surface area contributed by atoms with E-state index in [1.54, 1.807) is 37.6 Å². The number of methoxy groups -OCH3 is 1. The molecule has 0 aliphatic heterocycles. The zero-order chi connectivity index (χ0) is 18.8. The molecule has 6 heteroatoms. The number of nitrogens with zero attached hydrogens (tertiary/aromatic N) is 2. The largest absolute Gasteiger partial charge is 0.496 e. The summed E-state index contributed by atoms with van der Waals surface area (Å²) in [5, 5.41) is 3.11. The standard InChI is InChI=1S/C21H18ClN3O2/c1-27-19-10-14-6-4-5-13(14)9-16(19)18-11-24-20(12-23-18)25-21(26)15-7-2-3-8-17(15)22/h2-3,7-12H,4-6H2,1H3,(H,24,25,26). The summed E-state index contributed by atoms with van der Waals surface area (Å²) in [6.07, 6.45) is 6.51. The number of carbonyl (C=O) groups excluding carboxylic acids is 1. The lowest BCUT2D eigenvalue weighted by Crippen LogP contribution is -2.13. The van der Waals surface area contributed by atoms with Crippen molar-refractivity contribution in [3.63, 3.8) is 0 Å². The molecule has 1 aliphatic carbocycles. The van der Waals surface area contributed by atoms with Crippen molar-refractivity contribution in [1.82, 2.24) is 9.97 Å². The van der Waals surface area contributed by atoms with Gasteiger partial charge in [-0.15, -0.1) is 0 Å². The Morgan fingerprint density at radius 1 is 1.11 bits per heavy atom. The highest BCUT2D eigenvalue weighted by Gasteiger charge is 2.17. The van der Waals surface area contributed by atoms with Crippen LogP contribution in [0.4, 0.5) is 5.82 Å². The number of hydrogen-bond acceptors (Lipinski definition) is 4. The van der Waals surface area contributed by atoms with Gasteiger partial charge in [-0.25, -0.2) is 4.98 Å². The maximum atomic E-state index is 12.3. The topological polar surface area (TPSA) is 64.1 Å². The van der Waals surface area contributed by atoms with Gasteiger partial charge in [0.1, 0.15) is 5.75 Å². The third kappa shape index (κ3) is 3.51. The molecule has 1 aliphatic rings. The molecule has 3 aromatic rings. The number of carbonyl (C=O) groups is 1. The van der Waals surface area contributed by atoms with E-state index in [0.717, 1.165) is 24.2 Å².